The lowest BCUT2D eigenvalue weighted by molar-refractivity contribution is -0.383. The van der Waals surface area contributed by atoms with Crippen LogP contribution >= 0.6 is 0 Å². The Hall–Kier alpha value is -2.15. The Labute approximate surface area is 115 Å². The van der Waals surface area contributed by atoms with Gasteiger partial charge in [-0.15, -0.1) is 0 Å². The number of aliphatic hydroxyl groups is 1. The van der Waals surface area contributed by atoms with Crippen molar-refractivity contribution in [2.24, 2.45) is 0 Å². The summed E-state index contributed by atoms with van der Waals surface area (Å²) in [4.78, 5) is 14.6. The Balaban J connectivity index is 2.37. The third-order valence-electron chi connectivity index (χ3n) is 3.45. The van der Waals surface area contributed by atoms with Crippen LogP contribution in [0.5, 0.6) is 0 Å². The van der Waals surface area contributed by atoms with E-state index >= 15 is 0 Å². The monoisotopic (exact) mass is 279 g/mol. The first-order valence-electron chi connectivity index (χ1n) is 6.42. The van der Waals surface area contributed by atoms with Gasteiger partial charge in [-0.25, -0.2) is 0 Å². The molecule has 1 aromatic carbocycles. The van der Waals surface area contributed by atoms with E-state index in [9.17, 15) is 10.1 Å². The molecule has 0 aliphatic heterocycles. The van der Waals surface area contributed by atoms with E-state index in [-0.39, 0.29) is 29.4 Å². The number of nitrogens with zero attached hydrogens (tertiary/aromatic N) is 2. The van der Waals surface area contributed by atoms with Crippen molar-refractivity contribution in [1.82, 2.24) is 4.98 Å². The normalized spacial score (nSPS) is 14.2. The van der Waals surface area contributed by atoms with Crippen LogP contribution in [-0.4, -0.2) is 27.2 Å². The molecule has 0 fully saturated rings. The van der Waals surface area contributed by atoms with Crippen LogP contribution in [0.15, 0.2) is 22.6 Å². The van der Waals surface area contributed by atoms with Gasteiger partial charge in [0.25, 0.3) is 11.7 Å². The minimum Gasteiger partial charge on any atom is -0.423 e. The standard InChI is InChI=1S/C13H17N3O4/c1-3-13(2,7-8-17)15-12-14-11-9(16(18)19)5-4-6-10(11)20-12/h4-6,17H,3,7-8H2,1-2H3,(H,14,15). The van der Waals surface area contributed by atoms with Gasteiger partial charge in [-0.2, -0.15) is 4.98 Å². The Morgan fingerprint density at radius 3 is 2.90 bits per heavy atom. The van der Waals surface area contributed by atoms with Crippen molar-refractivity contribution < 1.29 is 14.4 Å². The Morgan fingerprint density at radius 1 is 1.55 bits per heavy atom. The number of benzene rings is 1. The molecule has 0 aliphatic rings. The molecule has 1 atom stereocenters. The first-order valence-corrected chi connectivity index (χ1v) is 6.42. The van der Waals surface area contributed by atoms with Crippen molar-refractivity contribution >= 4 is 22.8 Å². The number of rotatable bonds is 6. The highest BCUT2D eigenvalue weighted by Crippen LogP contribution is 2.29. The lowest BCUT2D eigenvalue weighted by Crippen LogP contribution is -2.35. The molecule has 20 heavy (non-hydrogen) atoms. The maximum absolute atomic E-state index is 10.9. The van der Waals surface area contributed by atoms with Gasteiger partial charge in [0, 0.05) is 18.2 Å². The van der Waals surface area contributed by atoms with Crippen LogP contribution in [0.1, 0.15) is 26.7 Å². The van der Waals surface area contributed by atoms with E-state index in [1.807, 2.05) is 13.8 Å². The van der Waals surface area contributed by atoms with Gasteiger partial charge in [-0.3, -0.25) is 10.1 Å². The Bertz CT molecular complexity index is 625. The fraction of sp³-hybridized carbons (Fsp3) is 0.462. The number of fused-ring (bicyclic) bond motifs is 1. The summed E-state index contributed by atoms with van der Waals surface area (Å²) >= 11 is 0. The zero-order valence-corrected chi connectivity index (χ0v) is 11.4. The van der Waals surface area contributed by atoms with E-state index < -0.39 is 4.92 Å². The van der Waals surface area contributed by atoms with Crippen LogP contribution in [0.2, 0.25) is 0 Å². The lowest BCUT2D eigenvalue weighted by atomic mass is 9.95. The largest absolute Gasteiger partial charge is 0.423 e. The molecular formula is C13H17N3O4. The van der Waals surface area contributed by atoms with Crippen molar-refractivity contribution in [2.45, 2.75) is 32.2 Å². The van der Waals surface area contributed by atoms with E-state index in [1.54, 1.807) is 12.1 Å². The first-order chi connectivity index (χ1) is 9.49. The van der Waals surface area contributed by atoms with Crippen LogP contribution in [-0.2, 0) is 0 Å². The summed E-state index contributed by atoms with van der Waals surface area (Å²) in [6.07, 6.45) is 1.29. The molecule has 0 saturated carbocycles. The zero-order chi connectivity index (χ0) is 14.8. The smallest absolute Gasteiger partial charge is 0.298 e. The number of hydrogen-bond acceptors (Lipinski definition) is 6. The van der Waals surface area contributed by atoms with E-state index in [1.165, 1.54) is 6.07 Å². The highest BCUT2D eigenvalue weighted by atomic mass is 16.6. The predicted octanol–water partition coefficient (Wildman–Crippen LogP) is 2.70. The number of hydrogen-bond donors (Lipinski definition) is 2. The molecule has 0 aliphatic carbocycles. The quantitative estimate of drug-likeness (QED) is 0.622. The Morgan fingerprint density at radius 2 is 2.30 bits per heavy atom. The molecule has 0 saturated heterocycles. The maximum Gasteiger partial charge on any atom is 0.298 e. The SMILES string of the molecule is CCC(C)(CCO)Nc1nc2c([N+](=O)[O-])cccc2o1. The molecule has 108 valence electrons. The second kappa shape index (κ2) is 5.46. The minimum absolute atomic E-state index is 0.0394. The number of para-hydroxylation sites is 1. The second-order valence-corrected chi connectivity index (χ2v) is 4.91. The summed E-state index contributed by atoms with van der Waals surface area (Å²) in [7, 11) is 0. The second-order valence-electron chi connectivity index (χ2n) is 4.91. The van der Waals surface area contributed by atoms with Gasteiger partial charge in [0.2, 0.25) is 0 Å². The van der Waals surface area contributed by atoms with Crippen molar-refractivity contribution in [3.63, 3.8) is 0 Å². The van der Waals surface area contributed by atoms with Crippen LogP contribution in [0, 0.1) is 10.1 Å². The number of non-ortho nitro benzene ring substituents is 1. The number of nitrogens with one attached hydrogen (secondary N) is 1. The molecule has 0 spiro atoms. The first kappa shape index (κ1) is 14.3. The van der Waals surface area contributed by atoms with Crippen molar-refractivity contribution in [1.29, 1.82) is 0 Å². The molecule has 0 bridgehead atoms. The molecule has 2 N–H and O–H groups in total. The van der Waals surface area contributed by atoms with E-state index in [0.717, 1.165) is 6.42 Å². The molecule has 0 radical (unpaired) electrons. The summed E-state index contributed by atoms with van der Waals surface area (Å²) < 4.78 is 5.49. The predicted molar refractivity (Wildman–Crippen MR) is 74.7 cm³/mol. The molecule has 1 heterocycles. The molecule has 1 unspecified atom stereocenters. The van der Waals surface area contributed by atoms with Gasteiger partial charge in [0.15, 0.2) is 11.1 Å². The molecule has 7 nitrogen and oxygen atoms in total. The number of aromatic nitrogens is 1. The molecule has 2 rings (SSSR count). The lowest BCUT2D eigenvalue weighted by Gasteiger charge is -2.27. The maximum atomic E-state index is 10.9. The number of anilines is 1. The molecular weight excluding hydrogens is 262 g/mol. The van der Waals surface area contributed by atoms with Crippen LogP contribution in [0.3, 0.4) is 0 Å². The van der Waals surface area contributed by atoms with Crippen molar-refractivity contribution in [3.8, 4) is 0 Å². The fourth-order valence-electron chi connectivity index (χ4n) is 1.97. The summed E-state index contributed by atoms with van der Waals surface area (Å²) in [5.74, 6) is 0. The minimum atomic E-state index is -0.485. The number of nitro groups is 1. The summed E-state index contributed by atoms with van der Waals surface area (Å²) in [6.45, 7) is 3.96. The van der Waals surface area contributed by atoms with Crippen molar-refractivity contribution in [2.75, 3.05) is 11.9 Å². The van der Waals surface area contributed by atoms with Crippen LogP contribution in [0.4, 0.5) is 11.7 Å². The Kier molecular flexibility index (Phi) is 3.89. The van der Waals surface area contributed by atoms with Gasteiger partial charge < -0.3 is 14.8 Å². The van der Waals surface area contributed by atoms with Crippen LogP contribution < -0.4 is 5.32 Å². The fourth-order valence-corrected chi connectivity index (χ4v) is 1.97. The average Bonchev–Trinajstić information content (AvgIpc) is 2.80. The summed E-state index contributed by atoms with van der Waals surface area (Å²) in [6, 6.07) is 4.81. The topological polar surface area (TPSA) is 101 Å². The zero-order valence-electron chi connectivity index (χ0n) is 11.4. The molecule has 1 aromatic heterocycles. The van der Waals surface area contributed by atoms with Crippen molar-refractivity contribution in [3.05, 3.63) is 28.3 Å². The average molecular weight is 279 g/mol. The van der Waals surface area contributed by atoms with Gasteiger partial charge in [0.1, 0.15) is 0 Å². The molecule has 0 amide bonds. The number of aliphatic hydroxyl groups excluding tert-OH is 1. The summed E-state index contributed by atoms with van der Waals surface area (Å²) in [5.41, 5.74) is 0.135. The molecule has 7 heteroatoms. The highest BCUT2D eigenvalue weighted by Gasteiger charge is 2.25. The third kappa shape index (κ3) is 2.72. The van der Waals surface area contributed by atoms with E-state index in [0.29, 0.717) is 12.0 Å². The van der Waals surface area contributed by atoms with Gasteiger partial charge in [0.05, 0.1) is 4.92 Å². The van der Waals surface area contributed by atoms with Gasteiger partial charge >= 0.3 is 0 Å². The third-order valence-corrected chi connectivity index (χ3v) is 3.45. The molecule has 2 aromatic rings. The highest BCUT2D eigenvalue weighted by molar-refractivity contribution is 5.84. The van der Waals surface area contributed by atoms with Crippen LogP contribution in [0.25, 0.3) is 11.1 Å². The number of nitro benzene ring substituents is 1. The van der Waals surface area contributed by atoms with Gasteiger partial charge in [-0.1, -0.05) is 13.0 Å². The van der Waals surface area contributed by atoms with E-state index in [4.69, 9.17) is 9.52 Å². The number of oxazole rings is 1. The summed E-state index contributed by atoms with van der Waals surface area (Å²) in [5, 5.41) is 23.1. The van der Waals surface area contributed by atoms with E-state index in [2.05, 4.69) is 10.3 Å². The van der Waals surface area contributed by atoms with Gasteiger partial charge in [-0.05, 0) is 25.8 Å².